The molecule has 0 spiro atoms. The highest BCUT2D eigenvalue weighted by atomic mass is 19.1. The maximum Gasteiger partial charge on any atom is 0.253 e. The predicted octanol–water partition coefficient (Wildman–Crippen LogP) is 2.31. The van der Waals surface area contributed by atoms with E-state index in [4.69, 9.17) is 0 Å². The van der Waals surface area contributed by atoms with Gasteiger partial charge in [0, 0.05) is 49.4 Å². The van der Waals surface area contributed by atoms with Crippen LogP contribution in [0.1, 0.15) is 32.7 Å². The van der Waals surface area contributed by atoms with Gasteiger partial charge in [0.05, 0.1) is 0 Å². The van der Waals surface area contributed by atoms with E-state index in [2.05, 4.69) is 5.32 Å². The second kappa shape index (κ2) is 7.42. The highest BCUT2D eigenvalue weighted by Crippen LogP contribution is 2.24. The maximum absolute atomic E-state index is 13.0. The van der Waals surface area contributed by atoms with Gasteiger partial charge >= 0.3 is 0 Å². The number of piperazine rings is 1. The molecule has 7 heteroatoms. The van der Waals surface area contributed by atoms with E-state index in [1.165, 1.54) is 24.3 Å². The molecule has 0 aliphatic carbocycles. The summed E-state index contributed by atoms with van der Waals surface area (Å²) in [6.45, 7) is 1.76. The molecule has 1 saturated heterocycles. The van der Waals surface area contributed by atoms with Crippen LogP contribution in [0, 0.1) is 5.82 Å². The maximum atomic E-state index is 13.0. The molecule has 1 N–H and O–H groups in total. The number of carbonyl (C=O) groups is 3. The van der Waals surface area contributed by atoms with Gasteiger partial charge in [-0.1, -0.05) is 0 Å². The Morgan fingerprint density at radius 1 is 0.821 bits per heavy atom. The first-order valence-electron chi connectivity index (χ1n) is 9.28. The Morgan fingerprint density at radius 2 is 1.39 bits per heavy atom. The Morgan fingerprint density at radius 3 is 2.04 bits per heavy atom. The SMILES string of the molecule is O=C1CCc2cc(C(=O)N3CCN(C(=O)c4ccc(F)cc4)CC3)ccc2N1. The van der Waals surface area contributed by atoms with Gasteiger partial charge in [-0.3, -0.25) is 14.4 Å². The van der Waals surface area contributed by atoms with Crippen LogP contribution in [0.25, 0.3) is 0 Å². The van der Waals surface area contributed by atoms with Crippen molar-refractivity contribution in [3.8, 4) is 0 Å². The van der Waals surface area contributed by atoms with Crippen LogP contribution >= 0.6 is 0 Å². The summed E-state index contributed by atoms with van der Waals surface area (Å²) >= 11 is 0. The molecule has 2 aromatic rings. The number of benzene rings is 2. The number of nitrogens with one attached hydrogen (secondary N) is 1. The van der Waals surface area contributed by atoms with Crippen LogP contribution in [0.4, 0.5) is 10.1 Å². The number of aryl methyl sites for hydroxylation is 1. The summed E-state index contributed by atoms with van der Waals surface area (Å²) in [4.78, 5) is 40.2. The van der Waals surface area contributed by atoms with Gasteiger partial charge in [-0.15, -0.1) is 0 Å². The number of hydrogen-bond donors (Lipinski definition) is 1. The summed E-state index contributed by atoms with van der Waals surface area (Å²) in [5.74, 6) is -0.615. The van der Waals surface area contributed by atoms with Gasteiger partial charge < -0.3 is 15.1 Å². The summed E-state index contributed by atoms with van der Waals surface area (Å²) in [5, 5.41) is 2.81. The molecule has 2 aliphatic rings. The van der Waals surface area contributed by atoms with Crippen LogP contribution in [0.3, 0.4) is 0 Å². The number of anilines is 1. The van der Waals surface area contributed by atoms with E-state index >= 15 is 0 Å². The number of rotatable bonds is 2. The molecule has 3 amide bonds. The molecule has 28 heavy (non-hydrogen) atoms. The molecule has 2 heterocycles. The molecule has 0 saturated carbocycles. The summed E-state index contributed by atoms with van der Waals surface area (Å²) in [5.41, 5.74) is 2.77. The van der Waals surface area contributed by atoms with Crippen LogP contribution in [0.2, 0.25) is 0 Å². The fourth-order valence-electron chi connectivity index (χ4n) is 3.59. The molecule has 0 aromatic heterocycles. The lowest BCUT2D eigenvalue weighted by molar-refractivity contribution is -0.116. The minimum atomic E-state index is -0.378. The second-order valence-corrected chi connectivity index (χ2v) is 7.01. The van der Waals surface area contributed by atoms with Crippen LogP contribution in [-0.4, -0.2) is 53.7 Å². The first-order valence-corrected chi connectivity index (χ1v) is 9.28. The Kier molecular flexibility index (Phi) is 4.81. The van der Waals surface area contributed by atoms with Crippen molar-refractivity contribution in [3.63, 3.8) is 0 Å². The van der Waals surface area contributed by atoms with Gasteiger partial charge in [0.25, 0.3) is 11.8 Å². The van der Waals surface area contributed by atoms with Crippen molar-refractivity contribution in [3.05, 3.63) is 65.0 Å². The van der Waals surface area contributed by atoms with Crippen LogP contribution < -0.4 is 5.32 Å². The molecule has 144 valence electrons. The molecule has 2 aliphatic heterocycles. The smallest absolute Gasteiger partial charge is 0.253 e. The first kappa shape index (κ1) is 18.2. The highest BCUT2D eigenvalue weighted by Gasteiger charge is 2.26. The lowest BCUT2D eigenvalue weighted by Crippen LogP contribution is -2.50. The average Bonchev–Trinajstić information content (AvgIpc) is 2.73. The first-order chi connectivity index (χ1) is 13.5. The van der Waals surface area contributed by atoms with Crippen molar-refractivity contribution in [1.29, 1.82) is 0 Å². The molecule has 0 unspecified atom stereocenters. The molecule has 6 nitrogen and oxygen atoms in total. The van der Waals surface area contributed by atoms with E-state index in [-0.39, 0.29) is 23.5 Å². The normalized spacial score (nSPS) is 16.4. The van der Waals surface area contributed by atoms with Crippen LogP contribution in [0.15, 0.2) is 42.5 Å². The van der Waals surface area contributed by atoms with E-state index in [1.54, 1.807) is 21.9 Å². The largest absolute Gasteiger partial charge is 0.335 e. The average molecular weight is 381 g/mol. The minimum Gasteiger partial charge on any atom is -0.335 e. The molecule has 2 aromatic carbocycles. The van der Waals surface area contributed by atoms with Gasteiger partial charge in [0.1, 0.15) is 5.82 Å². The fraction of sp³-hybridized carbons (Fsp3) is 0.286. The number of fused-ring (bicyclic) bond motifs is 1. The van der Waals surface area contributed by atoms with Gasteiger partial charge in [0.15, 0.2) is 0 Å². The van der Waals surface area contributed by atoms with Crippen molar-refractivity contribution in [2.75, 3.05) is 31.5 Å². The Labute approximate surface area is 161 Å². The van der Waals surface area contributed by atoms with Gasteiger partial charge in [-0.25, -0.2) is 4.39 Å². The van der Waals surface area contributed by atoms with Gasteiger partial charge in [-0.05, 0) is 54.4 Å². The van der Waals surface area contributed by atoms with Crippen molar-refractivity contribution < 1.29 is 18.8 Å². The van der Waals surface area contributed by atoms with E-state index in [1.807, 2.05) is 6.07 Å². The Balaban J connectivity index is 1.39. The van der Waals surface area contributed by atoms with Crippen LogP contribution in [-0.2, 0) is 11.2 Å². The van der Waals surface area contributed by atoms with Crippen molar-refractivity contribution in [2.24, 2.45) is 0 Å². The van der Waals surface area contributed by atoms with Gasteiger partial charge in [0.2, 0.25) is 5.91 Å². The number of amides is 3. The Hall–Kier alpha value is -3.22. The van der Waals surface area contributed by atoms with E-state index in [9.17, 15) is 18.8 Å². The van der Waals surface area contributed by atoms with Crippen molar-refractivity contribution >= 4 is 23.4 Å². The zero-order chi connectivity index (χ0) is 19.7. The topological polar surface area (TPSA) is 69.7 Å². The predicted molar refractivity (Wildman–Crippen MR) is 102 cm³/mol. The highest BCUT2D eigenvalue weighted by molar-refractivity contribution is 5.98. The monoisotopic (exact) mass is 381 g/mol. The molecular formula is C21H20FN3O3. The van der Waals surface area contributed by atoms with Crippen molar-refractivity contribution in [2.45, 2.75) is 12.8 Å². The standard InChI is InChI=1S/C21H20FN3O3/c22-17-5-1-14(2-6-17)20(27)24-9-11-25(12-10-24)21(28)16-3-7-18-15(13-16)4-8-19(26)23-18/h1-3,5-7,13H,4,8-12H2,(H,23,26). The fourth-order valence-corrected chi connectivity index (χ4v) is 3.59. The molecule has 1 fully saturated rings. The zero-order valence-corrected chi connectivity index (χ0v) is 15.3. The molecular weight excluding hydrogens is 361 g/mol. The molecule has 0 bridgehead atoms. The molecule has 0 radical (unpaired) electrons. The number of hydrogen-bond acceptors (Lipinski definition) is 3. The number of nitrogens with zero attached hydrogens (tertiary/aromatic N) is 2. The number of halogens is 1. The summed E-state index contributed by atoms with van der Waals surface area (Å²) in [7, 11) is 0. The summed E-state index contributed by atoms with van der Waals surface area (Å²) in [6, 6.07) is 10.8. The second-order valence-electron chi connectivity index (χ2n) is 7.01. The van der Waals surface area contributed by atoms with E-state index in [0.717, 1.165) is 11.3 Å². The number of carbonyl (C=O) groups excluding carboxylic acids is 3. The summed E-state index contributed by atoms with van der Waals surface area (Å²) < 4.78 is 13.0. The quantitative estimate of drug-likeness (QED) is 0.868. The molecule has 4 rings (SSSR count). The van der Waals surface area contributed by atoms with Crippen molar-refractivity contribution in [1.82, 2.24) is 9.80 Å². The Bertz CT molecular complexity index is 934. The lowest BCUT2D eigenvalue weighted by atomic mass is 10.00. The third kappa shape index (κ3) is 3.60. The van der Waals surface area contributed by atoms with Crippen LogP contribution in [0.5, 0.6) is 0 Å². The lowest BCUT2D eigenvalue weighted by Gasteiger charge is -2.35. The third-order valence-electron chi connectivity index (χ3n) is 5.19. The zero-order valence-electron chi connectivity index (χ0n) is 15.3. The minimum absolute atomic E-state index is 0.00600. The summed E-state index contributed by atoms with van der Waals surface area (Å²) in [6.07, 6.45) is 1.05. The van der Waals surface area contributed by atoms with E-state index < -0.39 is 0 Å². The van der Waals surface area contributed by atoms with E-state index in [0.29, 0.717) is 50.1 Å². The van der Waals surface area contributed by atoms with Gasteiger partial charge in [-0.2, -0.15) is 0 Å². The third-order valence-corrected chi connectivity index (χ3v) is 5.19. The molecule has 0 atom stereocenters.